The first-order valence-electron chi connectivity index (χ1n) is 7.86. The Kier molecular flexibility index (Phi) is 3.56. The lowest BCUT2D eigenvalue weighted by molar-refractivity contribution is 0.0880. The van der Waals surface area contributed by atoms with Crippen LogP contribution < -0.4 is 15.2 Å². The summed E-state index contributed by atoms with van der Waals surface area (Å²) < 4.78 is 16.7. The Hall–Kier alpha value is -3.09. The standard InChI is InChI=1S/C18H16N2O5/c1-23-14-6-5-10(8-15(14)24-2)11-9-12(11)17(21)20-13-4-3-7-19-16(13)25-18(20)22/h3-8,11-12H,9H2,1-2H3/t11-,12?/m0/s1. The molecule has 7 heteroatoms. The van der Waals surface area contributed by atoms with Gasteiger partial charge in [-0.05, 0) is 42.2 Å². The lowest BCUT2D eigenvalue weighted by atomic mass is 10.1. The van der Waals surface area contributed by atoms with E-state index in [1.165, 1.54) is 6.20 Å². The van der Waals surface area contributed by atoms with Crippen molar-refractivity contribution in [3.63, 3.8) is 0 Å². The molecule has 1 unspecified atom stereocenters. The second-order valence-electron chi connectivity index (χ2n) is 5.93. The smallest absolute Gasteiger partial charge is 0.428 e. The van der Waals surface area contributed by atoms with Gasteiger partial charge in [0, 0.05) is 12.1 Å². The van der Waals surface area contributed by atoms with Gasteiger partial charge in [-0.15, -0.1) is 0 Å². The van der Waals surface area contributed by atoms with Crippen LogP contribution >= 0.6 is 0 Å². The van der Waals surface area contributed by atoms with Crippen molar-refractivity contribution in [2.75, 3.05) is 14.2 Å². The van der Waals surface area contributed by atoms with Crippen LogP contribution in [0.5, 0.6) is 11.5 Å². The van der Waals surface area contributed by atoms with E-state index in [-0.39, 0.29) is 23.5 Å². The SMILES string of the molecule is COc1ccc([C@@H]2CC2C(=O)n2c(=O)oc3ncccc32)cc1OC. The van der Waals surface area contributed by atoms with Gasteiger partial charge in [0.05, 0.1) is 14.2 Å². The topological polar surface area (TPSA) is 83.6 Å². The Balaban J connectivity index is 1.64. The number of hydrogen-bond donors (Lipinski definition) is 0. The van der Waals surface area contributed by atoms with Crippen molar-refractivity contribution in [2.45, 2.75) is 12.3 Å². The molecule has 25 heavy (non-hydrogen) atoms. The number of carbonyl (C=O) groups excluding carboxylic acids is 1. The van der Waals surface area contributed by atoms with E-state index in [2.05, 4.69) is 4.98 Å². The summed E-state index contributed by atoms with van der Waals surface area (Å²) in [4.78, 5) is 28.8. The molecule has 0 bridgehead atoms. The van der Waals surface area contributed by atoms with Crippen LogP contribution in [0.2, 0.25) is 0 Å². The van der Waals surface area contributed by atoms with Gasteiger partial charge >= 0.3 is 5.76 Å². The Morgan fingerprint density at radius 3 is 2.80 bits per heavy atom. The Morgan fingerprint density at radius 2 is 2.04 bits per heavy atom. The summed E-state index contributed by atoms with van der Waals surface area (Å²) in [5.74, 6) is 0.0666. The van der Waals surface area contributed by atoms with Gasteiger partial charge in [0.1, 0.15) is 5.52 Å². The molecule has 0 radical (unpaired) electrons. The first-order chi connectivity index (χ1) is 12.1. The third-order valence-electron chi connectivity index (χ3n) is 4.52. The molecule has 1 saturated carbocycles. The molecule has 2 heterocycles. The van der Waals surface area contributed by atoms with Crippen molar-refractivity contribution in [1.82, 2.24) is 9.55 Å². The van der Waals surface area contributed by atoms with E-state index >= 15 is 0 Å². The highest BCUT2D eigenvalue weighted by molar-refractivity contribution is 5.91. The van der Waals surface area contributed by atoms with Crippen LogP contribution in [-0.2, 0) is 0 Å². The van der Waals surface area contributed by atoms with Crippen molar-refractivity contribution < 1.29 is 18.7 Å². The van der Waals surface area contributed by atoms with E-state index < -0.39 is 5.76 Å². The number of benzene rings is 1. The molecular weight excluding hydrogens is 324 g/mol. The lowest BCUT2D eigenvalue weighted by Crippen LogP contribution is -2.24. The number of rotatable bonds is 4. The molecule has 1 fully saturated rings. The van der Waals surface area contributed by atoms with Crippen molar-refractivity contribution in [2.24, 2.45) is 5.92 Å². The van der Waals surface area contributed by atoms with Gasteiger partial charge < -0.3 is 13.9 Å². The Labute approximate surface area is 142 Å². The number of ether oxygens (including phenoxy) is 2. The maximum absolute atomic E-state index is 12.8. The van der Waals surface area contributed by atoms with Crippen molar-refractivity contribution in [1.29, 1.82) is 0 Å². The second-order valence-corrected chi connectivity index (χ2v) is 5.93. The van der Waals surface area contributed by atoms with Gasteiger partial charge in [-0.25, -0.2) is 14.3 Å². The first kappa shape index (κ1) is 15.4. The zero-order valence-electron chi connectivity index (χ0n) is 13.8. The molecule has 2 aromatic heterocycles. The lowest BCUT2D eigenvalue weighted by Gasteiger charge is -2.09. The number of methoxy groups -OCH3 is 2. The van der Waals surface area contributed by atoms with Crippen molar-refractivity contribution >= 4 is 17.1 Å². The summed E-state index contributed by atoms with van der Waals surface area (Å²) >= 11 is 0. The van der Waals surface area contributed by atoms with Gasteiger partial charge in [0.25, 0.3) is 0 Å². The molecule has 0 spiro atoms. The molecule has 0 saturated heterocycles. The first-order valence-corrected chi connectivity index (χ1v) is 7.86. The number of fused-ring (bicyclic) bond motifs is 1. The average molecular weight is 340 g/mol. The fourth-order valence-corrected chi connectivity index (χ4v) is 3.15. The average Bonchev–Trinajstić information content (AvgIpc) is 3.36. The van der Waals surface area contributed by atoms with E-state index in [4.69, 9.17) is 13.9 Å². The fraction of sp³-hybridized carbons (Fsp3) is 0.278. The second kappa shape index (κ2) is 5.77. The minimum Gasteiger partial charge on any atom is -0.493 e. The monoisotopic (exact) mass is 340 g/mol. The largest absolute Gasteiger partial charge is 0.493 e. The van der Waals surface area contributed by atoms with Gasteiger partial charge in [0.2, 0.25) is 11.6 Å². The van der Waals surface area contributed by atoms with Crippen LogP contribution in [0.15, 0.2) is 45.7 Å². The molecule has 7 nitrogen and oxygen atoms in total. The van der Waals surface area contributed by atoms with Crippen LogP contribution in [0.25, 0.3) is 11.2 Å². The molecule has 1 aromatic carbocycles. The third kappa shape index (κ3) is 2.48. The molecule has 0 aliphatic heterocycles. The number of pyridine rings is 1. The molecule has 0 N–H and O–H groups in total. The van der Waals surface area contributed by atoms with E-state index in [1.54, 1.807) is 26.4 Å². The van der Waals surface area contributed by atoms with E-state index in [0.29, 0.717) is 23.4 Å². The summed E-state index contributed by atoms with van der Waals surface area (Å²) in [5.41, 5.74) is 1.55. The van der Waals surface area contributed by atoms with Crippen molar-refractivity contribution in [3.05, 3.63) is 52.6 Å². The molecule has 1 aliphatic rings. The van der Waals surface area contributed by atoms with Crippen LogP contribution in [0.3, 0.4) is 0 Å². The minimum atomic E-state index is -0.698. The van der Waals surface area contributed by atoms with Crippen LogP contribution in [-0.4, -0.2) is 29.7 Å². The molecule has 128 valence electrons. The molecular formula is C18H16N2O5. The summed E-state index contributed by atoms with van der Waals surface area (Å²) in [5, 5.41) is 0. The predicted octanol–water partition coefficient (Wildman–Crippen LogP) is 2.45. The summed E-state index contributed by atoms with van der Waals surface area (Å²) in [6.07, 6.45) is 2.19. The fourth-order valence-electron chi connectivity index (χ4n) is 3.15. The highest BCUT2D eigenvalue weighted by Gasteiger charge is 2.46. The van der Waals surface area contributed by atoms with Crippen LogP contribution in [0.4, 0.5) is 0 Å². The Bertz CT molecular complexity index is 1020. The van der Waals surface area contributed by atoms with Gasteiger partial charge in [-0.3, -0.25) is 4.79 Å². The van der Waals surface area contributed by atoms with Gasteiger partial charge in [-0.2, -0.15) is 0 Å². The molecule has 3 aromatic rings. The Morgan fingerprint density at radius 1 is 1.24 bits per heavy atom. The predicted molar refractivity (Wildman–Crippen MR) is 89.3 cm³/mol. The van der Waals surface area contributed by atoms with Gasteiger partial charge in [-0.1, -0.05) is 6.07 Å². The third-order valence-corrected chi connectivity index (χ3v) is 4.52. The zero-order chi connectivity index (χ0) is 17.6. The molecule has 1 aliphatic carbocycles. The zero-order valence-corrected chi connectivity index (χ0v) is 13.8. The number of nitrogens with zero attached hydrogens (tertiary/aromatic N) is 2. The molecule has 0 amide bonds. The highest BCUT2D eigenvalue weighted by atomic mass is 16.5. The quantitative estimate of drug-likeness (QED) is 0.725. The molecule has 2 atom stereocenters. The number of hydrogen-bond acceptors (Lipinski definition) is 6. The van der Waals surface area contributed by atoms with E-state index in [9.17, 15) is 9.59 Å². The molecule has 4 rings (SSSR count). The van der Waals surface area contributed by atoms with E-state index in [1.807, 2.05) is 18.2 Å². The van der Waals surface area contributed by atoms with E-state index in [0.717, 1.165) is 10.1 Å². The summed E-state index contributed by atoms with van der Waals surface area (Å²) in [6.45, 7) is 0. The summed E-state index contributed by atoms with van der Waals surface area (Å²) in [7, 11) is 3.15. The minimum absolute atomic E-state index is 0.0424. The highest BCUT2D eigenvalue weighted by Crippen LogP contribution is 2.49. The number of aromatic nitrogens is 2. The maximum atomic E-state index is 12.8. The number of carbonyl (C=O) groups is 1. The van der Waals surface area contributed by atoms with Crippen LogP contribution in [0, 0.1) is 5.92 Å². The normalized spacial score (nSPS) is 19.0. The summed E-state index contributed by atoms with van der Waals surface area (Å²) in [6, 6.07) is 8.92. The number of oxazole rings is 1. The van der Waals surface area contributed by atoms with Gasteiger partial charge in [0.15, 0.2) is 11.5 Å². The maximum Gasteiger partial charge on any atom is 0.428 e. The van der Waals surface area contributed by atoms with Crippen molar-refractivity contribution in [3.8, 4) is 11.5 Å². The van der Waals surface area contributed by atoms with Crippen LogP contribution in [0.1, 0.15) is 22.7 Å².